The van der Waals surface area contributed by atoms with E-state index in [0.29, 0.717) is 25.3 Å². The fourth-order valence-corrected chi connectivity index (χ4v) is 2.75. The third-order valence-corrected chi connectivity index (χ3v) is 4.58. The molecular formula is C19H28N2O3. The molecule has 2 amide bonds. The van der Waals surface area contributed by atoms with Crippen molar-refractivity contribution in [1.82, 2.24) is 10.2 Å². The number of aryl methyl sites for hydroxylation is 2. The SMILES string of the molecule is CCCCOC(=O)N1CCC(NC(=O)c2ccc(C)c(C)c2)CC1. The number of unbranched alkanes of at least 4 members (excludes halogenated alkanes) is 1. The summed E-state index contributed by atoms with van der Waals surface area (Å²) in [6.45, 7) is 7.85. The summed E-state index contributed by atoms with van der Waals surface area (Å²) in [6.07, 6.45) is 3.20. The van der Waals surface area contributed by atoms with Gasteiger partial charge in [-0.3, -0.25) is 4.79 Å². The summed E-state index contributed by atoms with van der Waals surface area (Å²) in [5.74, 6) is -0.0397. The first-order valence-electron chi connectivity index (χ1n) is 8.81. The third-order valence-electron chi connectivity index (χ3n) is 4.58. The summed E-state index contributed by atoms with van der Waals surface area (Å²) >= 11 is 0. The molecule has 0 unspecified atom stereocenters. The molecule has 1 aromatic carbocycles. The largest absolute Gasteiger partial charge is 0.449 e. The summed E-state index contributed by atoms with van der Waals surface area (Å²) in [5.41, 5.74) is 2.99. The molecule has 0 aliphatic carbocycles. The lowest BCUT2D eigenvalue weighted by Gasteiger charge is -2.31. The molecule has 1 aliphatic rings. The van der Waals surface area contributed by atoms with Crippen molar-refractivity contribution in [2.75, 3.05) is 19.7 Å². The average molecular weight is 332 g/mol. The predicted octanol–water partition coefficient (Wildman–Crippen LogP) is 3.43. The Morgan fingerprint density at radius 2 is 1.92 bits per heavy atom. The first-order chi connectivity index (χ1) is 11.5. The van der Waals surface area contributed by atoms with Crippen LogP contribution in [0.15, 0.2) is 18.2 Å². The lowest BCUT2D eigenvalue weighted by atomic mass is 10.0. The lowest BCUT2D eigenvalue weighted by molar-refractivity contribution is 0.0836. The van der Waals surface area contributed by atoms with E-state index in [9.17, 15) is 9.59 Å². The minimum absolute atomic E-state index is 0.0397. The van der Waals surface area contributed by atoms with Crippen LogP contribution in [-0.4, -0.2) is 42.6 Å². The Labute approximate surface area is 144 Å². The molecule has 5 heteroatoms. The topological polar surface area (TPSA) is 58.6 Å². The van der Waals surface area contributed by atoms with Crippen LogP contribution < -0.4 is 5.32 Å². The van der Waals surface area contributed by atoms with Gasteiger partial charge in [0.25, 0.3) is 5.91 Å². The van der Waals surface area contributed by atoms with Gasteiger partial charge in [-0.25, -0.2) is 4.79 Å². The quantitative estimate of drug-likeness (QED) is 0.840. The molecule has 0 atom stereocenters. The second-order valence-electron chi connectivity index (χ2n) is 6.50. The maximum Gasteiger partial charge on any atom is 0.409 e. The molecule has 0 bridgehead atoms. The van der Waals surface area contributed by atoms with Crippen LogP contribution >= 0.6 is 0 Å². The molecule has 132 valence electrons. The van der Waals surface area contributed by atoms with Crippen LogP contribution in [0, 0.1) is 13.8 Å². The van der Waals surface area contributed by atoms with E-state index in [1.54, 1.807) is 4.90 Å². The Morgan fingerprint density at radius 1 is 1.21 bits per heavy atom. The molecule has 1 N–H and O–H groups in total. The van der Waals surface area contributed by atoms with Gasteiger partial charge >= 0.3 is 6.09 Å². The van der Waals surface area contributed by atoms with E-state index in [1.165, 1.54) is 5.56 Å². The highest BCUT2D eigenvalue weighted by Gasteiger charge is 2.25. The normalized spacial score (nSPS) is 15.2. The number of hydrogen-bond donors (Lipinski definition) is 1. The number of ether oxygens (including phenoxy) is 1. The minimum atomic E-state index is -0.234. The molecule has 1 aliphatic heterocycles. The highest BCUT2D eigenvalue weighted by molar-refractivity contribution is 5.94. The molecular weight excluding hydrogens is 304 g/mol. The Kier molecular flexibility index (Phi) is 6.64. The zero-order chi connectivity index (χ0) is 17.5. The lowest BCUT2D eigenvalue weighted by Crippen LogP contribution is -2.46. The van der Waals surface area contributed by atoms with Crippen LogP contribution in [0.2, 0.25) is 0 Å². The Balaban J connectivity index is 1.79. The van der Waals surface area contributed by atoms with Crippen LogP contribution in [0.4, 0.5) is 4.79 Å². The third kappa shape index (κ3) is 4.98. The minimum Gasteiger partial charge on any atom is -0.449 e. The van der Waals surface area contributed by atoms with Crippen molar-refractivity contribution >= 4 is 12.0 Å². The first kappa shape index (κ1) is 18.3. The average Bonchev–Trinajstić information content (AvgIpc) is 2.58. The summed E-state index contributed by atoms with van der Waals surface area (Å²) in [5, 5.41) is 3.08. The number of nitrogens with one attached hydrogen (secondary N) is 1. The van der Waals surface area contributed by atoms with Crippen molar-refractivity contribution in [3.8, 4) is 0 Å². The standard InChI is InChI=1S/C19H28N2O3/c1-4-5-12-24-19(23)21-10-8-17(9-11-21)20-18(22)16-7-6-14(2)15(3)13-16/h6-7,13,17H,4-5,8-12H2,1-3H3,(H,20,22). The van der Waals surface area contributed by atoms with E-state index in [-0.39, 0.29) is 18.0 Å². The van der Waals surface area contributed by atoms with E-state index >= 15 is 0 Å². The summed E-state index contributed by atoms with van der Waals surface area (Å²) in [4.78, 5) is 26.0. The van der Waals surface area contributed by atoms with Crippen molar-refractivity contribution in [2.24, 2.45) is 0 Å². The van der Waals surface area contributed by atoms with Crippen molar-refractivity contribution in [1.29, 1.82) is 0 Å². The van der Waals surface area contributed by atoms with Crippen LogP contribution in [0.3, 0.4) is 0 Å². The molecule has 1 fully saturated rings. The maximum atomic E-state index is 12.3. The van der Waals surface area contributed by atoms with E-state index < -0.39 is 0 Å². The number of carbonyl (C=O) groups excluding carboxylic acids is 2. The zero-order valence-corrected chi connectivity index (χ0v) is 14.9. The highest BCUT2D eigenvalue weighted by Crippen LogP contribution is 2.14. The van der Waals surface area contributed by atoms with Gasteiger partial charge in [0.15, 0.2) is 0 Å². The Morgan fingerprint density at radius 3 is 2.54 bits per heavy atom. The van der Waals surface area contributed by atoms with Gasteiger partial charge in [-0.2, -0.15) is 0 Å². The van der Waals surface area contributed by atoms with Gasteiger partial charge in [-0.15, -0.1) is 0 Å². The molecule has 5 nitrogen and oxygen atoms in total. The number of amides is 2. The molecule has 1 heterocycles. The van der Waals surface area contributed by atoms with Gasteiger partial charge in [0.05, 0.1) is 6.61 Å². The van der Waals surface area contributed by atoms with Gasteiger partial charge in [-0.1, -0.05) is 19.4 Å². The van der Waals surface area contributed by atoms with Crippen molar-refractivity contribution in [3.05, 3.63) is 34.9 Å². The highest BCUT2D eigenvalue weighted by atomic mass is 16.6. The van der Waals surface area contributed by atoms with Crippen LogP contribution in [0.25, 0.3) is 0 Å². The van der Waals surface area contributed by atoms with Gasteiger partial charge in [-0.05, 0) is 56.4 Å². The number of hydrogen-bond acceptors (Lipinski definition) is 3. The maximum absolute atomic E-state index is 12.3. The molecule has 0 spiro atoms. The number of rotatable bonds is 5. The first-order valence-corrected chi connectivity index (χ1v) is 8.81. The van der Waals surface area contributed by atoms with Crippen molar-refractivity contribution < 1.29 is 14.3 Å². The fraction of sp³-hybridized carbons (Fsp3) is 0.579. The van der Waals surface area contributed by atoms with E-state index in [1.807, 2.05) is 32.0 Å². The molecule has 0 aromatic heterocycles. The van der Waals surface area contributed by atoms with Gasteiger partial charge in [0.1, 0.15) is 0 Å². The van der Waals surface area contributed by atoms with Gasteiger partial charge in [0.2, 0.25) is 0 Å². The monoisotopic (exact) mass is 332 g/mol. The second-order valence-corrected chi connectivity index (χ2v) is 6.50. The summed E-state index contributed by atoms with van der Waals surface area (Å²) < 4.78 is 5.23. The number of benzene rings is 1. The number of nitrogens with zero attached hydrogens (tertiary/aromatic N) is 1. The second kappa shape index (κ2) is 8.71. The fourth-order valence-electron chi connectivity index (χ4n) is 2.75. The van der Waals surface area contributed by atoms with Gasteiger partial charge < -0.3 is 15.0 Å². The zero-order valence-electron chi connectivity index (χ0n) is 14.9. The number of piperidine rings is 1. The van der Waals surface area contributed by atoms with Crippen LogP contribution in [0.5, 0.6) is 0 Å². The van der Waals surface area contributed by atoms with E-state index in [4.69, 9.17) is 4.74 Å². The van der Waals surface area contributed by atoms with Crippen LogP contribution in [0.1, 0.15) is 54.1 Å². The summed E-state index contributed by atoms with van der Waals surface area (Å²) in [6, 6.07) is 5.86. The molecule has 0 radical (unpaired) electrons. The van der Waals surface area contributed by atoms with Crippen LogP contribution in [-0.2, 0) is 4.74 Å². The summed E-state index contributed by atoms with van der Waals surface area (Å²) in [7, 11) is 0. The Hall–Kier alpha value is -2.04. The van der Waals surface area contributed by atoms with E-state index in [2.05, 4.69) is 12.2 Å². The van der Waals surface area contributed by atoms with Gasteiger partial charge in [0, 0.05) is 24.7 Å². The number of carbonyl (C=O) groups is 2. The smallest absolute Gasteiger partial charge is 0.409 e. The van der Waals surface area contributed by atoms with Crippen molar-refractivity contribution in [2.45, 2.75) is 52.5 Å². The molecule has 24 heavy (non-hydrogen) atoms. The molecule has 2 rings (SSSR count). The Bertz CT molecular complexity index is 578. The predicted molar refractivity (Wildman–Crippen MR) is 94.2 cm³/mol. The molecule has 1 aromatic rings. The van der Waals surface area contributed by atoms with E-state index in [0.717, 1.165) is 31.2 Å². The number of likely N-dealkylation sites (tertiary alicyclic amines) is 1. The molecule has 1 saturated heterocycles. The molecule has 0 saturated carbocycles. The van der Waals surface area contributed by atoms with Crippen molar-refractivity contribution in [3.63, 3.8) is 0 Å².